The first-order valence-corrected chi connectivity index (χ1v) is 7.41. The zero-order valence-corrected chi connectivity index (χ0v) is 13.8. The number of nitrogens with one attached hydrogen (secondary N) is 1. The number of carbonyl (C=O) groups excluding carboxylic acids is 1. The molecule has 0 aliphatic carbocycles. The SMILES string of the molecule is Cc1cc(C(=O)N[C@H](C)c2cnn(C)c2C)c2c(C)noc2n1. The first kappa shape index (κ1) is 15.2. The van der Waals surface area contributed by atoms with E-state index in [9.17, 15) is 4.79 Å². The van der Waals surface area contributed by atoms with Gasteiger partial charge in [-0.3, -0.25) is 9.48 Å². The van der Waals surface area contributed by atoms with Gasteiger partial charge >= 0.3 is 0 Å². The van der Waals surface area contributed by atoms with Crippen LogP contribution in [0.1, 0.15) is 46.0 Å². The number of aryl methyl sites for hydroxylation is 3. The van der Waals surface area contributed by atoms with E-state index in [1.807, 2.05) is 27.8 Å². The Kier molecular flexibility index (Phi) is 3.63. The molecule has 1 atom stereocenters. The molecule has 0 bridgehead atoms. The van der Waals surface area contributed by atoms with Crippen molar-refractivity contribution in [3.8, 4) is 0 Å². The zero-order valence-electron chi connectivity index (χ0n) is 13.8. The average molecular weight is 313 g/mol. The maximum atomic E-state index is 12.7. The number of fused-ring (bicyclic) bond motifs is 1. The molecule has 0 radical (unpaired) electrons. The third-order valence-electron chi connectivity index (χ3n) is 4.08. The minimum Gasteiger partial charge on any atom is -0.345 e. The molecule has 0 fully saturated rings. The van der Waals surface area contributed by atoms with Crippen LogP contribution < -0.4 is 5.32 Å². The number of carbonyl (C=O) groups is 1. The van der Waals surface area contributed by atoms with E-state index in [1.54, 1.807) is 23.9 Å². The summed E-state index contributed by atoms with van der Waals surface area (Å²) in [5.41, 5.74) is 4.30. The van der Waals surface area contributed by atoms with Crippen LogP contribution in [0.15, 0.2) is 16.8 Å². The van der Waals surface area contributed by atoms with Gasteiger partial charge in [0.25, 0.3) is 11.6 Å². The number of hydrogen-bond acceptors (Lipinski definition) is 5. The first-order chi connectivity index (χ1) is 10.9. The fourth-order valence-electron chi connectivity index (χ4n) is 2.69. The predicted octanol–water partition coefficient (Wildman–Crippen LogP) is 2.37. The lowest BCUT2D eigenvalue weighted by molar-refractivity contribution is 0.0941. The van der Waals surface area contributed by atoms with Gasteiger partial charge in [-0.15, -0.1) is 0 Å². The van der Waals surface area contributed by atoms with Gasteiger partial charge in [0.15, 0.2) is 0 Å². The molecular weight excluding hydrogens is 294 g/mol. The van der Waals surface area contributed by atoms with E-state index in [0.717, 1.165) is 11.3 Å². The molecule has 7 heteroatoms. The molecule has 0 aliphatic heterocycles. The summed E-state index contributed by atoms with van der Waals surface area (Å²) in [5.74, 6) is -0.178. The molecule has 0 aromatic carbocycles. The van der Waals surface area contributed by atoms with Gasteiger partial charge in [-0.2, -0.15) is 5.10 Å². The summed E-state index contributed by atoms with van der Waals surface area (Å²) >= 11 is 0. The molecule has 1 N–H and O–H groups in total. The van der Waals surface area contributed by atoms with Crippen molar-refractivity contribution >= 4 is 17.0 Å². The van der Waals surface area contributed by atoms with Crippen molar-refractivity contribution in [3.63, 3.8) is 0 Å². The second-order valence-corrected chi connectivity index (χ2v) is 5.76. The van der Waals surface area contributed by atoms with Gasteiger partial charge in [-0.05, 0) is 33.8 Å². The number of nitrogens with zero attached hydrogens (tertiary/aromatic N) is 4. The maximum Gasteiger partial charge on any atom is 0.258 e. The fourth-order valence-corrected chi connectivity index (χ4v) is 2.69. The Hall–Kier alpha value is -2.70. The zero-order chi connectivity index (χ0) is 16.7. The second-order valence-electron chi connectivity index (χ2n) is 5.76. The van der Waals surface area contributed by atoms with Crippen LogP contribution in [0.3, 0.4) is 0 Å². The molecule has 23 heavy (non-hydrogen) atoms. The van der Waals surface area contributed by atoms with Crippen molar-refractivity contribution in [1.29, 1.82) is 0 Å². The monoisotopic (exact) mass is 313 g/mol. The van der Waals surface area contributed by atoms with Gasteiger partial charge in [0.1, 0.15) is 0 Å². The molecular formula is C16H19N5O2. The lowest BCUT2D eigenvalue weighted by Crippen LogP contribution is -2.27. The van der Waals surface area contributed by atoms with Crippen molar-refractivity contribution in [2.45, 2.75) is 33.7 Å². The summed E-state index contributed by atoms with van der Waals surface area (Å²) in [6.07, 6.45) is 1.78. The van der Waals surface area contributed by atoms with Crippen LogP contribution in [0.4, 0.5) is 0 Å². The Balaban J connectivity index is 1.95. The highest BCUT2D eigenvalue weighted by molar-refractivity contribution is 6.06. The largest absolute Gasteiger partial charge is 0.345 e. The molecule has 0 spiro atoms. The minimum atomic E-state index is -0.178. The molecule has 7 nitrogen and oxygen atoms in total. The van der Waals surface area contributed by atoms with E-state index >= 15 is 0 Å². The van der Waals surface area contributed by atoms with Crippen LogP contribution in [0.25, 0.3) is 11.1 Å². The van der Waals surface area contributed by atoms with Crippen LogP contribution in [-0.2, 0) is 7.05 Å². The highest BCUT2D eigenvalue weighted by atomic mass is 16.5. The number of amides is 1. The van der Waals surface area contributed by atoms with Crippen molar-refractivity contribution in [3.05, 3.63) is 40.5 Å². The smallest absolute Gasteiger partial charge is 0.258 e. The van der Waals surface area contributed by atoms with Gasteiger partial charge in [-0.1, -0.05) is 5.16 Å². The summed E-state index contributed by atoms with van der Waals surface area (Å²) < 4.78 is 6.97. The molecule has 3 aromatic heterocycles. The Morgan fingerprint density at radius 1 is 1.35 bits per heavy atom. The highest BCUT2D eigenvalue weighted by Crippen LogP contribution is 2.23. The third-order valence-corrected chi connectivity index (χ3v) is 4.08. The van der Waals surface area contributed by atoms with E-state index < -0.39 is 0 Å². The van der Waals surface area contributed by atoms with Gasteiger partial charge in [-0.25, -0.2) is 4.98 Å². The summed E-state index contributed by atoms with van der Waals surface area (Å²) in [7, 11) is 1.88. The summed E-state index contributed by atoms with van der Waals surface area (Å²) in [5, 5.41) is 11.8. The molecule has 0 unspecified atom stereocenters. The fraction of sp³-hybridized carbons (Fsp3) is 0.375. The number of pyridine rings is 1. The normalized spacial score (nSPS) is 12.6. The van der Waals surface area contributed by atoms with Crippen LogP contribution >= 0.6 is 0 Å². The van der Waals surface area contributed by atoms with E-state index in [-0.39, 0.29) is 11.9 Å². The molecule has 1 amide bonds. The highest BCUT2D eigenvalue weighted by Gasteiger charge is 2.20. The molecule has 3 heterocycles. The maximum absolute atomic E-state index is 12.7. The molecule has 3 rings (SSSR count). The Labute approximate surface area is 133 Å². The van der Waals surface area contributed by atoms with Crippen molar-refractivity contribution in [2.75, 3.05) is 0 Å². The van der Waals surface area contributed by atoms with Crippen molar-refractivity contribution < 1.29 is 9.32 Å². The number of aromatic nitrogens is 4. The van der Waals surface area contributed by atoms with Gasteiger partial charge in [0, 0.05) is 24.0 Å². The van der Waals surface area contributed by atoms with E-state index in [0.29, 0.717) is 28.1 Å². The van der Waals surface area contributed by atoms with E-state index in [2.05, 4.69) is 20.6 Å². The van der Waals surface area contributed by atoms with E-state index in [4.69, 9.17) is 4.52 Å². The summed E-state index contributed by atoms with van der Waals surface area (Å²) in [6, 6.07) is 1.60. The molecule has 0 aliphatic rings. The van der Waals surface area contributed by atoms with Gasteiger partial charge in [0.2, 0.25) is 0 Å². The Bertz CT molecular complexity index is 893. The summed E-state index contributed by atoms with van der Waals surface area (Å²) in [6.45, 7) is 7.54. The van der Waals surface area contributed by atoms with Crippen LogP contribution in [0.5, 0.6) is 0 Å². The van der Waals surface area contributed by atoms with Crippen LogP contribution in [0, 0.1) is 20.8 Å². The number of hydrogen-bond donors (Lipinski definition) is 1. The minimum absolute atomic E-state index is 0.153. The quantitative estimate of drug-likeness (QED) is 0.802. The lowest BCUT2D eigenvalue weighted by Gasteiger charge is -2.14. The summed E-state index contributed by atoms with van der Waals surface area (Å²) in [4.78, 5) is 17.0. The van der Waals surface area contributed by atoms with Gasteiger partial charge < -0.3 is 9.84 Å². The van der Waals surface area contributed by atoms with Crippen molar-refractivity contribution in [1.82, 2.24) is 25.2 Å². The predicted molar refractivity (Wildman–Crippen MR) is 85.1 cm³/mol. The first-order valence-electron chi connectivity index (χ1n) is 7.41. The Morgan fingerprint density at radius 2 is 2.09 bits per heavy atom. The molecule has 0 saturated heterocycles. The lowest BCUT2D eigenvalue weighted by atomic mass is 10.1. The standard InChI is InChI=1S/C16H19N5O2/c1-8-6-12(14-10(3)20-23-16(14)18-8)15(22)19-9(2)13-7-17-21(5)11(13)4/h6-7,9H,1-5H3,(H,19,22)/t9-/m1/s1. The molecule has 3 aromatic rings. The Morgan fingerprint density at radius 3 is 2.74 bits per heavy atom. The number of rotatable bonds is 3. The average Bonchev–Trinajstić information content (AvgIpc) is 3.02. The third kappa shape index (κ3) is 2.58. The second kappa shape index (κ2) is 5.49. The van der Waals surface area contributed by atoms with Crippen LogP contribution in [0.2, 0.25) is 0 Å². The van der Waals surface area contributed by atoms with Gasteiger partial charge in [0.05, 0.1) is 28.9 Å². The van der Waals surface area contributed by atoms with Crippen molar-refractivity contribution in [2.24, 2.45) is 7.05 Å². The molecule has 120 valence electrons. The van der Waals surface area contributed by atoms with Crippen LogP contribution in [-0.4, -0.2) is 25.8 Å². The topological polar surface area (TPSA) is 85.8 Å². The van der Waals surface area contributed by atoms with E-state index in [1.165, 1.54) is 0 Å². The molecule has 0 saturated carbocycles.